The molecular formula is C16H34N2O3. The topological polar surface area (TPSA) is 61.8 Å². The van der Waals surface area contributed by atoms with Crippen LogP contribution < -0.4 is 5.32 Å². The van der Waals surface area contributed by atoms with Crippen LogP contribution in [0.25, 0.3) is 0 Å². The highest BCUT2D eigenvalue weighted by Gasteiger charge is 2.27. The zero-order chi connectivity index (χ0) is 16.5. The second kappa shape index (κ2) is 9.26. The highest BCUT2D eigenvalue weighted by atomic mass is 16.6. The fourth-order valence-electron chi connectivity index (χ4n) is 2.16. The third-order valence-corrected chi connectivity index (χ3v) is 3.18. The summed E-state index contributed by atoms with van der Waals surface area (Å²) in [6, 6.07) is 0. The van der Waals surface area contributed by atoms with Gasteiger partial charge in [0.25, 0.3) is 0 Å². The molecule has 0 aromatic carbocycles. The number of nitrogens with one attached hydrogen (secondary N) is 1. The molecule has 126 valence electrons. The lowest BCUT2D eigenvalue weighted by molar-refractivity contribution is -0.00778. The lowest BCUT2D eigenvalue weighted by atomic mass is 9.97. The molecule has 1 amide bonds. The molecule has 0 heterocycles. The Morgan fingerprint density at radius 2 is 1.71 bits per heavy atom. The highest BCUT2D eigenvalue weighted by molar-refractivity contribution is 5.67. The molecule has 0 aliphatic carbocycles. The van der Waals surface area contributed by atoms with Crippen molar-refractivity contribution < 1.29 is 14.6 Å². The summed E-state index contributed by atoms with van der Waals surface area (Å²) in [4.78, 5) is 13.3. The molecule has 5 nitrogen and oxygen atoms in total. The van der Waals surface area contributed by atoms with E-state index in [2.05, 4.69) is 5.32 Å². The van der Waals surface area contributed by atoms with Crippen molar-refractivity contribution in [3.63, 3.8) is 0 Å². The summed E-state index contributed by atoms with van der Waals surface area (Å²) in [6.07, 6.45) is 4.71. The van der Waals surface area contributed by atoms with Crippen LogP contribution in [0.4, 0.5) is 4.79 Å². The minimum Gasteiger partial charge on any atom is -0.444 e. The van der Waals surface area contributed by atoms with Gasteiger partial charge in [-0.1, -0.05) is 19.3 Å². The van der Waals surface area contributed by atoms with Crippen molar-refractivity contribution in [3.05, 3.63) is 0 Å². The molecule has 0 saturated heterocycles. The van der Waals surface area contributed by atoms with Crippen molar-refractivity contribution in [1.29, 1.82) is 0 Å². The molecule has 0 fully saturated rings. The van der Waals surface area contributed by atoms with Crippen LogP contribution in [0.3, 0.4) is 0 Å². The minimum atomic E-state index is -0.866. The molecule has 0 bridgehead atoms. The van der Waals surface area contributed by atoms with Gasteiger partial charge >= 0.3 is 6.09 Å². The molecule has 2 N–H and O–H groups in total. The third kappa shape index (κ3) is 11.5. The Morgan fingerprint density at radius 3 is 2.24 bits per heavy atom. The first-order valence-corrected chi connectivity index (χ1v) is 7.88. The Bertz CT molecular complexity index is 298. The van der Waals surface area contributed by atoms with E-state index in [0.717, 1.165) is 25.8 Å². The molecule has 0 rings (SSSR count). The molecule has 0 aliphatic rings. The van der Waals surface area contributed by atoms with Gasteiger partial charge in [-0.3, -0.25) is 0 Å². The van der Waals surface area contributed by atoms with Crippen molar-refractivity contribution in [2.75, 3.05) is 27.2 Å². The Hall–Kier alpha value is -0.810. The van der Waals surface area contributed by atoms with Crippen LogP contribution in [-0.2, 0) is 4.74 Å². The van der Waals surface area contributed by atoms with Gasteiger partial charge in [0.1, 0.15) is 5.60 Å². The fourth-order valence-corrected chi connectivity index (χ4v) is 2.16. The van der Waals surface area contributed by atoms with E-state index in [9.17, 15) is 9.90 Å². The molecular weight excluding hydrogens is 268 g/mol. The summed E-state index contributed by atoms with van der Waals surface area (Å²) in [5.74, 6) is 0. The predicted octanol–water partition coefficient (Wildman–Crippen LogP) is 2.77. The van der Waals surface area contributed by atoms with E-state index in [1.54, 1.807) is 14.0 Å². The van der Waals surface area contributed by atoms with Crippen LogP contribution in [-0.4, -0.2) is 54.5 Å². The SMILES string of the molecule is CNCCCCCCC(C)(O)CN(C)C(=O)OC(C)(C)C. The number of likely N-dealkylation sites (N-methyl/N-ethyl adjacent to an activating group) is 1. The lowest BCUT2D eigenvalue weighted by Gasteiger charge is -2.31. The van der Waals surface area contributed by atoms with Crippen LogP contribution in [0, 0.1) is 0 Å². The molecule has 0 aromatic heterocycles. The van der Waals surface area contributed by atoms with E-state index in [1.165, 1.54) is 11.3 Å². The third-order valence-electron chi connectivity index (χ3n) is 3.18. The second-order valence-electron chi connectivity index (χ2n) is 7.10. The quantitative estimate of drug-likeness (QED) is 0.643. The monoisotopic (exact) mass is 302 g/mol. The number of nitrogens with zero attached hydrogens (tertiary/aromatic N) is 1. The molecule has 21 heavy (non-hydrogen) atoms. The minimum absolute atomic E-state index is 0.290. The van der Waals surface area contributed by atoms with Gasteiger partial charge in [-0.05, 0) is 54.1 Å². The van der Waals surface area contributed by atoms with E-state index in [-0.39, 0.29) is 0 Å². The summed E-state index contributed by atoms with van der Waals surface area (Å²) < 4.78 is 5.28. The largest absolute Gasteiger partial charge is 0.444 e. The number of rotatable bonds is 9. The van der Waals surface area contributed by atoms with Crippen molar-refractivity contribution >= 4 is 6.09 Å². The van der Waals surface area contributed by atoms with Gasteiger partial charge in [-0.2, -0.15) is 0 Å². The van der Waals surface area contributed by atoms with Crippen molar-refractivity contribution in [2.45, 2.75) is 71.0 Å². The van der Waals surface area contributed by atoms with Crippen LogP contribution >= 0.6 is 0 Å². The fraction of sp³-hybridized carbons (Fsp3) is 0.938. The van der Waals surface area contributed by atoms with Gasteiger partial charge in [-0.15, -0.1) is 0 Å². The number of unbranched alkanes of at least 4 members (excludes halogenated alkanes) is 3. The van der Waals surface area contributed by atoms with E-state index >= 15 is 0 Å². The van der Waals surface area contributed by atoms with Crippen LogP contribution in [0.5, 0.6) is 0 Å². The van der Waals surface area contributed by atoms with Crippen molar-refractivity contribution in [1.82, 2.24) is 10.2 Å². The predicted molar refractivity (Wildman–Crippen MR) is 86.5 cm³/mol. The zero-order valence-electron chi connectivity index (χ0n) is 14.7. The molecule has 1 unspecified atom stereocenters. The summed E-state index contributed by atoms with van der Waals surface area (Å²) >= 11 is 0. The molecule has 0 saturated carbocycles. The maximum atomic E-state index is 11.9. The number of aliphatic hydroxyl groups is 1. The Balaban J connectivity index is 4.01. The maximum Gasteiger partial charge on any atom is 0.410 e. The van der Waals surface area contributed by atoms with E-state index in [1.807, 2.05) is 27.8 Å². The van der Waals surface area contributed by atoms with Crippen molar-refractivity contribution in [3.8, 4) is 0 Å². The number of ether oxygens (including phenoxy) is 1. The molecule has 0 radical (unpaired) electrons. The number of carbonyl (C=O) groups is 1. The second-order valence-corrected chi connectivity index (χ2v) is 7.10. The smallest absolute Gasteiger partial charge is 0.410 e. The Kier molecular flexibility index (Phi) is 8.90. The van der Waals surface area contributed by atoms with Gasteiger partial charge in [0.05, 0.1) is 12.1 Å². The standard InChI is InChI=1S/C16H34N2O3/c1-15(2,3)21-14(19)18(6)13-16(4,20)11-9-7-8-10-12-17-5/h17,20H,7-13H2,1-6H3. The van der Waals surface area contributed by atoms with Gasteiger partial charge in [0, 0.05) is 7.05 Å². The first kappa shape index (κ1) is 20.2. The normalized spacial score (nSPS) is 14.6. The van der Waals surface area contributed by atoms with Crippen LogP contribution in [0.2, 0.25) is 0 Å². The molecule has 1 atom stereocenters. The summed E-state index contributed by atoms with van der Waals surface area (Å²) in [6.45, 7) is 8.61. The van der Waals surface area contributed by atoms with E-state index < -0.39 is 17.3 Å². The van der Waals surface area contributed by atoms with Crippen LogP contribution in [0.1, 0.15) is 59.8 Å². The Labute approximate surface area is 130 Å². The first-order valence-electron chi connectivity index (χ1n) is 7.88. The van der Waals surface area contributed by atoms with Gasteiger partial charge in [-0.25, -0.2) is 4.79 Å². The zero-order valence-corrected chi connectivity index (χ0v) is 14.7. The molecule has 0 spiro atoms. The summed E-state index contributed by atoms with van der Waals surface area (Å²) in [5.41, 5.74) is -1.38. The number of carbonyl (C=O) groups excluding carboxylic acids is 1. The number of hydrogen-bond acceptors (Lipinski definition) is 4. The summed E-state index contributed by atoms with van der Waals surface area (Å²) in [5, 5.41) is 13.5. The van der Waals surface area contributed by atoms with Crippen molar-refractivity contribution in [2.24, 2.45) is 0 Å². The average molecular weight is 302 g/mol. The first-order chi connectivity index (χ1) is 9.57. The van der Waals surface area contributed by atoms with Gasteiger partial charge < -0.3 is 20.1 Å². The highest BCUT2D eigenvalue weighted by Crippen LogP contribution is 2.17. The number of amides is 1. The van der Waals surface area contributed by atoms with Crippen LogP contribution in [0.15, 0.2) is 0 Å². The lowest BCUT2D eigenvalue weighted by Crippen LogP contribution is -2.43. The molecule has 5 heteroatoms. The van der Waals surface area contributed by atoms with E-state index in [0.29, 0.717) is 13.0 Å². The average Bonchev–Trinajstić information content (AvgIpc) is 2.30. The van der Waals surface area contributed by atoms with E-state index in [4.69, 9.17) is 4.74 Å². The number of hydrogen-bond donors (Lipinski definition) is 2. The summed E-state index contributed by atoms with van der Waals surface area (Å²) in [7, 11) is 3.62. The van der Waals surface area contributed by atoms with Gasteiger partial charge in [0.15, 0.2) is 0 Å². The Morgan fingerprint density at radius 1 is 1.14 bits per heavy atom. The molecule has 0 aliphatic heterocycles. The maximum absolute atomic E-state index is 11.9. The van der Waals surface area contributed by atoms with Gasteiger partial charge in [0.2, 0.25) is 0 Å². The molecule has 0 aromatic rings.